The zero-order valence-electron chi connectivity index (χ0n) is 26.2. The van der Waals surface area contributed by atoms with Crippen LogP contribution in [0.15, 0.2) is 48.2 Å². The van der Waals surface area contributed by atoms with E-state index in [0.717, 1.165) is 56.3 Å². The van der Waals surface area contributed by atoms with Crippen LogP contribution < -0.4 is 5.32 Å². The average Bonchev–Trinajstić information content (AvgIpc) is 3.53. The molecule has 6 rings (SSSR count). The average molecular weight is 589 g/mol. The van der Waals surface area contributed by atoms with Gasteiger partial charge in [0.2, 0.25) is 5.91 Å². The van der Waals surface area contributed by atoms with E-state index in [1.165, 1.54) is 32.1 Å². The molecule has 2 amide bonds. The summed E-state index contributed by atoms with van der Waals surface area (Å²) in [7, 11) is 0. The van der Waals surface area contributed by atoms with Crippen LogP contribution in [-0.2, 0) is 9.59 Å². The lowest BCUT2D eigenvalue weighted by atomic mass is 9.65. The molecule has 7 heteroatoms. The molecule has 2 atom stereocenters. The predicted octanol–water partition coefficient (Wildman–Crippen LogP) is 4.83. The van der Waals surface area contributed by atoms with Crippen molar-refractivity contribution in [2.24, 2.45) is 17.3 Å². The summed E-state index contributed by atoms with van der Waals surface area (Å²) >= 11 is 0. The van der Waals surface area contributed by atoms with Crippen molar-refractivity contribution in [1.29, 1.82) is 0 Å². The minimum Gasteiger partial charge on any atom is -0.387 e. The Bertz CT molecular complexity index is 1190. The fourth-order valence-electron chi connectivity index (χ4n) is 8.79. The van der Waals surface area contributed by atoms with Gasteiger partial charge in [0.05, 0.1) is 11.2 Å². The highest BCUT2D eigenvalue weighted by molar-refractivity contribution is 6.09. The molecule has 1 aromatic rings. The fraction of sp³-hybridized carbons (Fsp3) is 0.667. The molecule has 0 aromatic heterocycles. The van der Waals surface area contributed by atoms with Gasteiger partial charge in [0.25, 0.3) is 5.91 Å². The van der Waals surface area contributed by atoms with Crippen molar-refractivity contribution in [2.75, 3.05) is 52.4 Å². The molecule has 0 unspecified atom stereocenters. The van der Waals surface area contributed by atoms with Crippen LogP contribution in [0, 0.1) is 17.3 Å². The largest absolute Gasteiger partial charge is 0.387 e. The van der Waals surface area contributed by atoms with Crippen LogP contribution in [0.3, 0.4) is 0 Å². The molecule has 0 radical (unpaired) electrons. The minimum atomic E-state index is -0.898. The predicted molar refractivity (Wildman–Crippen MR) is 171 cm³/mol. The second-order valence-corrected chi connectivity index (χ2v) is 14.2. The Morgan fingerprint density at radius 1 is 0.953 bits per heavy atom. The number of nitrogens with one attached hydrogen (secondary N) is 1. The Morgan fingerprint density at radius 2 is 1.67 bits per heavy atom. The van der Waals surface area contributed by atoms with Crippen molar-refractivity contribution in [3.05, 3.63) is 53.7 Å². The quantitative estimate of drug-likeness (QED) is 0.477. The lowest BCUT2D eigenvalue weighted by molar-refractivity contribution is -0.162. The van der Waals surface area contributed by atoms with Crippen molar-refractivity contribution in [1.82, 2.24) is 20.0 Å². The second-order valence-electron chi connectivity index (χ2n) is 14.2. The number of β-amino-alcohol motifs (C(OH)–C–C–N with tert-alkyl or cyclic N) is 1. The lowest BCUT2D eigenvalue weighted by Gasteiger charge is -2.54. The van der Waals surface area contributed by atoms with Gasteiger partial charge in [-0.15, -0.1) is 0 Å². The van der Waals surface area contributed by atoms with Gasteiger partial charge in [-0.2, -0.15) is 0 Å². The van der Waals surface area contributed by atoms with Crippen LogP contribution in [0.25, 0.3) is 5.57 Å². The number of aliphatic hydroxyl groups is 1. The summed E-state index contributed by atoms with van der Waals surface area (Å²) in [6.45, 7) is 7.57. The van der Waals surface area contributed by atoms with Gasteiger partial charge in [-0.05, 0) is 42.7 Å². The van der Waals surface area contributed by atoms with E-state index in [1.807, 2.05) is 29.3 Å². The number of hydrogen-bond donors (Lipinski definition) is 2. The van der Waals surface area contributed by atoms with Crippen LogP contribution in [0.4, 0.5) is 0 Å². The third-order valence-electron chi connectivity index (χ3n) is 11.3. The highest BCUT2D eigenvalue weighted by atomic mass is 16.3. The van der Waals surface area contributed by atoms with E-state index < -0.39 is 5.60 Å². The van der Waals surface area contributed by atoms with Gasteiger partial charge >= 0.3 is 0 Å². The van der Waals surface area contributed by atoms with E-state index >= 15 is 0 Å². The second kappa shape index (κ2) is 13.2. The van der Waals surface area contributed by atoms with E-state index in [2.05, 4.69) is 40.2 Å². The van der Waals surface area contributed by atoms with Gasteiger partial charge < -0.3 is 25.1 Å². The van der Waals surface area contributed by atoms with Gasteiger partial charge in [-0.25, -0.2) is 0 Å². The molecular weight excluding hydrogens is 536 g/mol. The van der Waals surface area contributed by atoms with Crippen LogP contribution >= 0.6 is 0 Å². The molecule has 2 aliphatic carbocycles. The summed E-state index contributed by atoms with van der Waals surface area (Å²) in [6, 6.07) is 10.2. The number of piperazine rings is 1. The molecular formula is C36H52N4O3. The number of carbonyl (C=O) groups excluding carboxylic acids is 2. The molecule has 2 N–H and O–H groups in total. The molecule has 1 aromatic carbocycles. The monoisotopic (exact) mass is 588 g/mol. The van der Waals surface area contributed by atoms with E-state index in [1.54, 1.807) is 0 Å². The Labute approximate surface area is 258 Å². The van der Waals surface area contributed by atoms with E-state index in [4.69, 9.17) is 0 Å². The van der Waals surface area contributed by atoms with Crippen molar-refractivity contribution in [2.45, 2.75) is 83.2 Å². The number of nitrogens with zero attached hydrogens (tertiary/aromatic N) is 3. The maximum Gasteiger partial charge on any atom is 0.256 e. The number of benzene rings is 1. The van der Waals surface area contributed by atoms with E-state index in [9.17, 15) is 14.7 Å². The maximum absolute atomic E-state index is 13.9. The molecule has 2 saturated heterocycles. The van der Waals surface area contributed by atoms with Crippen LogP contribution in [0.2, 0.25) is 0 Å². The van der Waals surface area contributed by atoms with E-state index in [-0.39, 0.29) is 23.1 Å². The molecule has 234 valence electrons. The number of rotatable bonds is 7. The van der Waals surface area contributed by atoms with Gasteiger partial charge in [0.1, 0.15) is 0 Å². The van der Waals surface area contributed by atoms with Crippen LogP contribution in [-0.4, -0.2) is 89.6 Å². The highest BCUT2D eigenvalue weighted by Crippen LogP contribution is 2.52. The number of amides is 2. The van der Waals surface area contributed by atoms with Crippen molar-refractivity contribution < 1.29 is 14.7 Å². The molecule has 2 saturated carbocycles. The van der Waals surface area contributed by atoms with E-state index in [0.29, 0.717) is 57.2 Å². The number of piperidine rings is 1. The summed E-state index contributed by atoms with van der Waals surface area (Å²) in [6.07, 6.45) is 16.4. The topological polar surface area (TPSA) is 76.1 Å². The van der Waals surface area contributed by atoms with Gasteiger partial charge in [-0.3, -0.25) is 9.59 Å². The molecule has 5 aliphatic rings. The number of hydrogen-bond acceptors (Lipinski definition) is 5. The first-order chi connectivity index (χ1) is 20.9. The zero-order valence-corrected chi connectivity index (χ0v) is 26.2. The zero-order chi connectivity index (χ0) is 29.9. The maximum atomic E-state index is 13.9. The summed E-state index contributed by atoms with van der Waals surface area (Å²) in [5, 5.41) is 15.8. The van der Waals surface area contributed by atoms with Crippen molar-refractivity contribution in [3.63, 3.8) is 0 Å². The van der Waals surface area contributed by atoms with Gasteiger partial charge in [0.15, 0.2) is 0 Å². The molecule has 0 bridgehead atoms. The van der Waals surface area contributed by atoms with Crippen LogP contribution in [0.1, 0.15) is 83.1 Å². The minimum absolute atomic E-state index is 0.0536. The van der Waals surface area contributed by atoms with Gasteiger partial charge in [0, 0.05) is 69.9 Å². The Hall–Kier alpha value is -2.64. The first kappa shape index (κ1) is 30.4. The third-order valence-corrected chi connectivity index (χ3v) is 11.3. The SMILES string of the molecule is C[C@H](CC1CCCCC1)C(=O)N1CC[C@](O)(CN2C=C(C(=O)N3CCNCC3)C(c3ccccc3)=CC2)C2(CCCC2)C1. The van der Waals surface area contributed by atoms with Gasteiger partial charge in [-0.1, -0.05) is 88.3 Å². The molecule has 3 aliphatic heterocycles. The Morgan fingerprint density at radius 3 is 2.40 bits per heavy atom. The summed E-state index contributed by atoms with van der Waals surface area (Å²) in [4.78, 5) is 33.8. The normalized spacial score (nSPS) is 27.2. The lowest BCUT2D eigenvalue weighted by Crippen LogP contribution is -2.64. The number of carbonyl (C=O) groups is 2. The first-order valence-electron chi connectivity index (χ1n) is 17.1. The first-order valence-corrected chi connectivity index (χ1v) is 17.1. The van der Waals surface area contributed by atoms with Crippen LogP contribution in [0.5, 0.6) is 0 Å². The van der Waals surface area contributed by atoms with Crippen molar-refractivity contribution >= 4 is 17.4 Å². The number of likely N-dealkylation sites (tertiary alicyclic amines) is 1. The van der Waals surface area contributed by atoms with Crippen molar-refractivity contribution in [3.8, 4) is 0 Å². The molecule has 4 fully saturated rings. The standard InChI is InChI=1S/C36H52N4O3/c1-28(24-29-10-4-2-5-11-29)33(41)40-21-17-36(43,35(26-40)15-8-9-16-35)27-38-20-14-31(30-12-6-3-7-13-30)32(25-38)34(42)39-22-18-37-19-23-39/h3,6-7,12-14,25,28-29,37,43H,2,4-5,8-11,15-24,26-27H2,1H3/t28-,36+/m1/s1. The summed E-state index contributed by atoms with van der Waals surface area (Å²) < 4.78 is 0. The molecule has 3 heterocycles. The smallest absolute Gasteiger partial charge is 0.256 e. The fourth-order valence-corrected chi connectivity index (χ4v) is 8.79. The molecule has 43 heavy (non-hydrogen) atoms. The Kier molecular flexibility index (Phi) is 9.29. The third kappa shape index (κ3) is 6.44. The summed E-state index contributed by atoms with van der Waals surface area (Å²) in [5.74, 6) is 1.10. The molecule has 7 nitrogen and oxygen atoms in total. The molecule has 1 spiro atoms. The Balaban J connectivity index is 1.19. The highest BCUT2D eigenvalue weighted by Gasteiger charge is 2.56. The summed E-state index contributed by atoms with van der Waals surface area (Å²) in [5.41, 5.74) is 1.57.